The van der Waals surface area contributed by atoms with Gasteiger partial charge in [-0.1, -0.05) is 36.4 Å². The molecule has 0 spiro atoms. The number of amides is 1. The number of carbonyl (C=O) groups is 1. The molecule has 0 aliphatic carbocycles. The minimum Gasteiger partial charge on any atom is -0.372 e. The minimum atomic E-state index is -0.0430. The molecule has 0 saturated carbocycles. The molecular formula is C16H15NO2. The number of benzene rings is 2. The van der Waals surface area contributed by atoms with Crippen LogP contribution >= 0.6 is 0 Å². The van der Waals surface area contributed by atoms with Gasteiger partial charge in [0.25, 0.3) is 5.91 Å². The van der Waals surface area contributed by atoms with Crippen LogP contribution in [0.5, 0.6) is 0 Å². The van der Waals surface area contributed by atoms with Crippen molar-refractivity contribution in [3.63, 3.8) is 0 Å². The van der Waals surface area contributed by atoms with E-state index in [1.165, 1.54) is 5.56 Å². The van der Waals surface area contributed by atoms with Crippen molar-refractivity contribution in [2.45, 2.75) is 19.8 Å². The average molecular weight is 253 g/mol. The number of fused-ring (bicyclic) bond motifs is 1. The fraction of sp³-hybridized carbons (Fsp3) is 0.188. The van der Waals surface area contributed by atoms with Gasteiger partial charge in [0, 0.05) is 12.1 Å². The summed E-state index contributed by atoms with van der Waals surface area (Å²) in [7, 11) is 0. The molecule has 3 nitrogen and oxygen atoms in total. The van der Waals surface area contributed by atoms with Gasteiger partial charge in [-0.3, -0.25) is 4.79 Å². The maximum absolute atomic E-state index is 12.1. The zero-order valence-corrected chi connectivity index (χ0v) is 10.6. The topological polar surface area (TPSA) is 38.3 Å². The van der Waals surface area contributed by atoms with Crippen LogP contribution in [0.2, 0.25) is 0 Å². The Labute approximate surface area is 112 Å². The molecule has 0 fully saturated rings. The summed E-state index contributed by atoms with van der Waals surface area (Å²) in [4.78, 5) is 12.1. The lowest BCUT2D eigenvalue weighted by molar-refractivity contribution is 0.0950. The summed E-state index contributed by atoms with van der Waals surface area (Å²) in [5.74, 6) is -0.0430. The summed E-state index contributed by atoms with van der Waals surface area (Å²) in [6.07, 6.45) is 0. The highest BCUT2D eigenvalue weighted by atomic mass is 16.5. The molecule has 1 N–H and O–H groups in total. The highest BCUT2D eigenvalue weighted by Crippen LogP contribution is 2.20. The van der Waals surface area contributed by atoms with Gasteiger partial charge in [0.05, 0.1) is 13.2 Å². The van der Waals surface area contributed by atoms with Crippen molar-refractivity contribution in [3.8, 4) is 0 Å². The van der Waals surface area contributed by atoms with Crippen molar-refractivity contribution < 1.29 is 9.53 Å². The van der Waals surface area contributed by atoms with E-state index in [-0.39, 0.29) is 5.91 Å². The SMILES string of the molecule is O=C(NCc1ccccc1)c1ccc2c(c1)COC2. The van der Waals surface area contributed by atoms with Crippen LogP contribution in [-0.2, 0) is 24.5 Å². The fourth-order valence-corrected chi connectivity index (χ4v) is 2.19. The van der Waals surface area contributed by atoms with E-state index in [1.807, 2.05) is 48.5 Å². The molecule has 2 aromatic carbocycles. The summed E-state index contributed by atoms with van der Waals surface area (Å²) >= 11 is 0. The molecule has 19 heavy (non-hydrogen) atoms. The van der Waals surface area contributed by atoms with Gasteiger partial charge in [0.2, 0.25) is 0 Å². The molecule has 3 rings (SSSR count). The summed E-state index contributed by atoms with van der Waals surface area (Å²) in [5.41, 5.74) is 4.09. The van der Waals surface area contributed by atoms with Crippen LogP contribution in [0.4, 0.5) is 0 Å². The number of carbonyl (C=O) groups excluding carboxylic acids is 1. The summed E-state index contributed by atoms with van der Waals surface area (Å²) < 4.78 is 5.35. The van der Waals surface area contributed by atoms with Crippen LogP contribution in [0, 0.1) is 0 Å². The summed E-state index contributed by atoms with van der Waals surface area (Å²) in [5, 5.41) is 2.93. The van der Waals surface area contributed by atoms with Gasteiger partial charge in [0.1, 0.15) is 0 Å². The Morgan fingerprint density at radius 2 is 1.84 bits per heavy atom. The highest BCUT2D eigenvalue weighted by molar-refractivity contribution is 5.94. The van der Waals surface area contributed by atoms with Crippen molar-refractivity contribution in [3.05, 3.63) is 70.8 Å². The van der Waals surface area contributed by atoms with Crippen LogP contribution in [0.1, 0.15) is 27.0 Å². The Balaban J connectivity index is 1.67. The molecule has 0 radical (unpaired) electrons. The Kier molecular flexibility index (Phi) is 3.29. The standard InChI is InChI=1S/C16H15NO2/c18-16(17-9-12-4-2-1-3-5-12)13-6-7-14-10-19-11-15(14)8-13/h1-8H,9-11H2,(H,17,18). The molecule has 0 saturated heterocycles. The smallest absolute Gasteiger partial charge is 0.251 e. The molecule has 1 heterocycles. The predicted molar refractivity (Wildman–Crippen MR) is 72.5 cm³/mol. The number of ether oxygens (including phenoxy) is 1. The van der Waals surface area contributed by atoms with Crippen molar-refractivity contribution in [2.24, 2.45) is 0 Å². The number of nitrogens with one attached hydrogen (secondary N) is 1. The maximum atomic E-state index is 12.1. The molecule has 0 aromatic heterocycles. The zero-order valence-electron chi connectivity index (χ0n) is 10.6. The molecule has 96 valence electrons. The van der Waals surface area contributed by atoms with Crippen LogP contribution in [0.25, 0.3) is 0 Å². The lowest BCUT2D eigenvalue weighted by Gasteiger charge is -2.06. The van der Waals surface area contributed by atoms with E-state index in [2.05, 4.69) is 5.32 Å². The quantitative estimate of drug-likeness (QED) is 0.913. The Morgan fingerprint density at radius 3 is 2.68 bits per heavy atom. The molecular weight excluding hydrogens is 238 g/mol. The lowest BCUT2D eigenvalue weighted by atomic mass is 10.1. The molecule has 2 aromatic rings. The van der Waals surface area contributed by atoms with Crippen LogP contribution in [-0.4, -0.2) is 5.91 Å². The van der Waals surface area contributed by atoms with Crippen molar-refractivity contribution in [1.29, 1.82) is 0 Å². The second kappa shape index (κ2) is 5.24. The Morgan fingerprint density at radius 1 is 1.05 bits per heavy atom. The van der Waals surface area contributed by atoms with Crippen molar-refractivity contribution in [1.82, 2.24) is 5.32 Å². The monoisotopic (exact) mass is 253 g/mol. The first-order chi connectivity index (χ1) is 9.33. The minimum absolute atomic E-state index is 0.0430. The van der Waals surface area contributed by atoms with Crippen molar-refractivity contribution in [2.75, 3.05) is 0 Å². The van der Waals surface area contributed by atoms with Gasteiger partial charge < -0.3 is 10.1 Å². The van der Waals surface area contributed by atoms with E-state index in [4.69, 9.17) is 4.74 Å². The Hall–Kier alpha value is -2.13. The van der Waals surface area contributed by atoms with Gasteiger partial charge in [-0.15, -0.1) is 0 Å². The van der Waals surface area contributed by atoms with Crippen LogP contribution in [0.3, 0.4) is 0 Å². The number of hydrogen-bond donors (Lipinski definition) is 1. The van der Waals surface area contributed by atoms with Crippen LogP contribution in [0.15, 0.2) is 48.5 Å². The number of rotatable bonds is 3. The van der Waals surface area contributed by atoms with Gasteiger partial charge in [-0.25, -0.2) is 0 Å². The molecule has 1 amide bonds. The van der Waals surface area contributed by atoms with Gasteiger partial charge in [-0.2, -0.15) is 0 Å². The predicted octanol–water partition coefficient (Wildman–Crippen LogP) is 2.65. The summed E-state index contributed by atoms with van der Waals surface area (Å²) in [6.45, 7) is 1.81. The highest BCUT2D eigenvalue weighted by Gasteiger charge is 2.14. The summed E-state index contributed by atoms with van der Waals surface area (Å²) in [6, 6.07) is 15.6. The first-order valence-corrected chi connectivity index (χ1v) is 6.34. The largest absolute Gasteiger partial charge is 0.372 e. The maximum Gasteiger partial charge on any atom is 0.251 e. The third-order valence-corrected chi connectivity index (χ3v) is 3.28. The molecule has 0 atom stereocenters. The molecule has 3 heteroatoms. The van der Waals surface area contributed by atoms with E-state index in [1.54, 1.807) is 0 Å². The van der Waals surface area contributed by atoms with E-state index in [0.29, 0.717) is 25.3 Å². The van der Waals surface area contributed by atoms with E-state index in [0.717, 1.165) is 11.1 Å². The van der Waals surface area contributed by atoms with Gasteiger partial charge in [-0.05, 0) is 28.8 Å². The molecule has 1 aliphatic rings. The molecule has 0 unspecified atom stereocenters. The van der Waals surface area contributed by atoms with Crippen molar-refractivity contribution >= 4 is 5.91 Å². The first kappa shape index (κ1) is 11.9. The van der Waals surface area contributed by atoms with E-state index >= 15 is 0 Å². The second-order valence-corrected chi connectivity index (χ2v) is 4.64. The zero-order chi connectivity index (χ0) is 13.1. The molecule has 1 aliphatic heterocycles. The van der Waals surface area contributed by atoms with Gasteiger partial charge >= 0.3 is 0 Å². The van der Waals surface area contributed by atoms with E-state index < -0.39 is 0 Å². The fourth-order valence-electron chi connectivity index (χ4n) is 2.19. The first-order valence-electron chi connectivity index (χ1n) is 6.34. The Bertz CT molecular complexity index is 593. The van der Waals surface area contributed by atoms with E-state index in [9.17, 15) is 4.79 Å². The van der Waals surface area contributed by atoms with Gasteiger partial charge in [0.15, 0.2) is 0 Å². The number of hydrogen-bond acceptors (Lipinski definition) is 2. The average Bonchev–Trinajstić information content (AvgIpc) is 2.93. The third-order valence-electron chi connectivity index (χ3n) is 3.28. The third kappa shape index (κ3) is 2.66. The van der Waals surface area contributed by atoms with Crippen LogP contribution < -0.4 is 5.32 Å². The molecule has 0 bridgehead atoms. The normalized spacial score (nSPS) is 13.1. The second-order valence-electron chi connectivity index (χ2n) is 4.64. The lowest BCUT2D eigenvalue weighted by Crippen LogP contribution is -2.22.